The fourth-order valence-corrected chi connectivity index (χ4v) is 6.21. The maximum absolute atomic E-state index is 13.4. The Hall–Kier alpha value is -3.17. The molecule has 0 saturated heterocycles. The maximum Gasteiger partial charge on any atom is 0.403 e. The molecule has 0 radical (unpaired) electrons. The van der Waals surface area contributed by atoms with Crippen molar-refractivity contribution in [2.75, 3.05) is 12.4 Å². The van der Waals surface area contributed by atoms with Crippen molar-refractivity contribution in [1.82, 2.24) is 35.3 Å². The lowest BCUT2D eigenvalue weighted by atomic mass is 9.87. The third-order valence-corrected chi connectivity index (χ3v) is 8.64. The highest BCUT2D eigenvalue weighted by atomic mass is 79.9. The standard InChI is InChI=1S/C25H27BrF3N9OS/c1-12-35-36-21(40-12)16-5-4-15(8-13(16)9-18(30)25(27,28)29)38-20-17(19(26)37-38)11-32-23(34-20)33-14-6-7-24(2,10-14)22(39)31-3/h4-5,8,11,14,18H,6-7,9-10,30H2,1-3H3,(H,31,39)(H,32,33,34)/t14-,18?,24-/m1/s1. The number of nitrogens with two attached hydrogens (primary N) is 1. The van der Waals surface area contributed by atoms with Crippen molar-refractivity contribution in [2.45, 2.75) is 57.8 Å². The number of rotatable bonds is 7. The molecule has 40 heavy (non-hydrogen) atoms. The number of aromatic nitrogens is 6. The number of carbonyl (C=O) groups excluding carboxylic acids is 1. The number of hydrogen-bond donors (Lipinski definition) is 3. The minimum Gasteiger partial charge on any atom is -0.359 e. The summed E-state index contributed by atoms with van der Waals surface area (Å²) in [5.41, 5.74) is 6.91. The Kier molecular flexibility index (Phi) is 7.56. The van der Waals surface area contributed by atoms with Crippen molar-refractivity contribution in [3.63, 3.8) is 0 Å². The molecule has 1 amide bonds. The number of aryl methyl sites for hydroxylation is 1. The van der Waals surface area contributed by atoms with Gasteiger partial charge in [0, 0.05) is 30.3 Å². The van der Waals surface area contributed by atoms with E-state index in [2.05, 4.69) is 51.8 Å². The zero-order valence-electron chi connectivity index (χ0n) is 21.9. The van der Waals surface area contributed by atoms with E-state index in [-0.39, 0.29) is 11.9 Å². The molecular weight excluding hydrogens is 611 g/mol. The molecule has 3 aromatic heterocycles. The summed E-state index contributed by atoms with van der Waals surface area (Å²) >= 11 is 4.73. The predicted octanol–water partition coefficient (Wildman–Crippen LogP) is 4.55. The summed E-state index contributed by atoms with van der Waals surface area (Å²) in [7, 11) is 1.63. The number of fused-ring (bicyclic) bond motifs is 1. The molecule has 3 atom stereocenters. The van der Waals surface area contributed by atoms with Gasteiger partial charge in [-0.15, -0.1) is 10.2 Å². The lowest BCUT2D eigenvalue weighted by Crippen LogP contribution is -2.39. The minimum atomic E-state index is -4.56. The number of amides is 1. The van der Waals surface area contributed by atoms with Crippen LogP contribution in [0, 0.1) is 12.3 Å². The third kappa shape index (κ3) is 5.54. The predicted molar refractivity (Wildman–Crippen MR) is 149 cm³/mol. The summed E-state index contributed by atoms with van der Waals surface area (Å²) in [6.07, 6.45) is -1.23. The van der Waals surface area contributed by atoms with Gasteiger partial charge in [0.2, 0.25) is 11.9 Å². The highest BCUT2D eigenvalue weighted by Crippen LogP contribution is 2.39. The number of carbonyl (C=O) groups is 1. The van der Waals surface area contributed by atoms with E-state index in [1.54, 1.807) is 43.0 Å². The summed E-state index contributed by atoms with van der Waals surface area (Å²) < 4.78 is 42.3. The Morgan fingerprint density at radius 3 is 2.80 bits per heavy atom. The van der Waals surface area contributed by atoms with Crippen LogP contribution in [-0.2, 0) is 11.2 Å². The largest absolute Gasteiger partial charge is 0.403 e. The number of hydrogen-bond acceptors (Lipinski definition) is 9. The topological polar surface area (TPSA) is 137 Å². The van der Waals surface area contributed by atoms with Gasteiger partial charge < -0.3 is 16.4 Å². The van der Waals surface area contributed by atoms with Crippen LogP contribution in [0.4, 0.5) is 19.1 Å². The summed E-state index contributed by atoms with van der Waals surface area (Å²) in [5, 5.41) is 20.6. The molecule has 10 nitrogen and oxygen atoms in total. The Morgan fingerprint density at radius 2 is 2.12 bits per heavy atom. The van der Waals surface area contributed by atoms with Crippen LogP contribution in [0.15, 0.2) is 29.0 Å². The van der Waals surface area contributed by atoms with Crippen LogP contribution in [-0.4, -0.2) is 61.2 Å². The molecule has 1 aliphatic carbocycles. The summed E-state index contributed by atoms with van der Waals surface area (Å²) in [6, 6.07) is 3.02. The van der Waals surface area contributed by atoms with E-state index < -0.39 is 24.1 Å². The Balaban J connectivity index is 1.51. The molecular formula is C25H27BrF3N9OS. The SMILES string of the molecule is CNC(=O)[C@]1(C)CC[C@@H](Nc2ncc3c(Br)nn(-c4ccc(-c5nnc(C)s5)c(CC(N)C(F)(F)F)c4)c3n2)C1. The van der Waals surface area contributed by atoms with Crippen LogP contribution in [0.25, 0.3) is 27.3 Å². The summed E-state index contributed by atoms with van der Waals surface area (Å²) in [6.45, 7) is 3.72. The maximum atomic E-state index is 13.4. The highest BCUT2D eigenvalue weighted by molar-refractivity contribution is 9.10. The first-order valence-corrected chi connectivity index (χ1v) is 14.1. The van der Waals surface area contributed by atoms with Crippen molar-refractivity contribution >= 4 is 50.2 Å². The van der Waals surface area contributed by atoms with Crippen LogP contribution in [0.2, 0.25) is 0 Å². The Morgan fingerprint density at radius 1 is 1.35 bits per heavy atom. The van der Waals surface area contributed by atoms with Crippen molar-refractivity contribution in [2.24, 2.45) is 11.1 Å². The average Bonchev–Trinajstić information content (AvgIpc) is 3.60. The van der Waals surface area contributed by atoms with Gasteiger partial charge in [-0.05, 0) is 72.3 Å². The Bertz CT molecular complexity index is 1570. The normalized spacial score (nSPS) is 20.1. The molecule has 1 unspecified atom stereocenters. The molecule has 212 valence electrons. The van der Waals surface area contributed by atoms with Gasteiger partial charge in [-0.3, -0.25) is 4.79 Å². The molecule has 15 heteroatoms. The van der Waals surface area contributed by atoms with Crippen LogP contribution >= 0.6 is 27.3 Å². The second-order valence-corrected chi connectivity index (χ2v) is 12.1. The van der Waals surface area contributed by atoms with E-state index in [1.165, 1.54) is 11.3 Å². The molecule has 1 fully saturated rings. The first kappa shape index (κ1) is 28.4. The van der Waals surface area contributed by atoms with Gasteiger partial charge in [0.1, 0.15) is 20.7 Å². The summed E-state index contributed by atoms with van der Waals surface area (Å²) in [4.78, 5) is 21.4. The second kappa shape index (κ2) is 10.7. The Labute approximate surface area is 240 Å². The second-order valence-electron chi connectivity index (χ2n) is 10.2. The van der Waals surface area contributed by atoms with Crippen molar-refractivity contribution < 1.29 is 18.0 Å². The van der Waals surface area contributed by atoms with E-state index in [9.17, 15) is 18.0 Å². The molecule has 1 aliphatic rings. The zero-order chi connectivity index (χ0) is 28.8. The molecule has 1 aromatic carbocycles. The van der Waals surface area contributed by atoms with Gasteiger partial charge in [0.05, 0.1) is 11.1 Å². The average molecular weight is 639 g/mol. The molecule has 0 spiro atoms. The smallest absolute Gasteiger partial charge is 0.359 e. The van der Waals surface area contributed by atoms with Crippen molar-refractivity contribution in [3.8, 4) is 16.3 Å². The van der Waals surface area contributed by atoms with E-state index in [0.29, 0.717) is 54.8 Å². The van der Waals surface area contributed by atoms with Gasteiger partial charge in [0.15, 0.2) is 5.65 Å². The molecule has 0 aliphatic heterocycles. The number of nitrogens with one attached hydrogen (secondary N) is 2. The number of nitrogens with zero attached hydrogens (tertiary/aromatic N) is 6. The van der Waals surface area contributed by atoms with Crippen molar-refractivity contribution in [1.29, 1.82) is 0 Å². The molecule has 4 N–H and O–H groups in total. The molecule has 1 saturated carbocycles. The molecule has 0 bridgehead atoms. The number of halogens is 4. The fraction of sp³-hybridized carbons (Fsp3) is 0.440. The molecule has 5 rings (SSSR count). The monoisotopic (exact) mass is 637 g/mol. The zero-order valence-corrected chi connectivity index (χ0v) is 24.3. The quantitative estimate of drug-likeness (QED) is 0.268. The van der Waals surface area contributed by atoms with Crippen LogP contribution < -0.4 is 16.4 Å². The number of benzene rings is 1. The van der Waals surface area contributed by atoms with E-state index in [4.69, 9.17) is 5.73 Å². The van der Waals surface area contributed by atoms with Crippen LogP contribution in [0.5, 0.6) is 0 Å². The summed E-state index contributed by atoms with van der Waals surface area (Å²) in [5.74, 6) is 0.371. The minimum absolute atomic E-state index is 0.00311. The lowest BCUT2D eigenvalue weighted by Gasteiger charge is -2.22. The number of anilines is 1. The van der Waals surface area contributed by atoms with E-state index in [0.717, 1.165) is 12.8 Å². The third-order valence-electron chi connectivity index (χ3n) is 7.18. The first-order chi connectivity index (χ1) is 18.9. The van der Waals surface area contributed by atoms with Gasteiger partial charge >= 0.3 is 6.18 Å². The van der Waals surface area contributed by atoms with Gasteiger partial charge in [-0.25, -0.2) is 9.67 Å². The number of alkyl halides is 3. The van der Waals surface area contributed by atoms with E-state index in [1.807, 2.05) is 6.92 Å². The van der Waals surface area contributed by atoms with Crippen molar-refractivity contribution in [3.05, 3.63) is 39.6 Å². The van der Waals surface area contributed by atoms with E-state index >= 15 is 0 Å². The lowest BCUT2D eigenvalue weighted by molar-refractivity contribution is -0.147. The van der Waals surface area contributed by atoms with Gasteiger partial charge in [-0.2, -0.15) is 23.3 Å². The molecule has 3 heterocycles. The van der Waals surface area contributed by atoms with Gasteiger partial charge in [-0.1, -0.05) is 18.3 Å². The highest BCUT2D eigenvalue weighted by Gasteiger charge is 2.41. The van der Waals surface area contributed by atoms with Crippen LogP contribution in [0.1, 0.15) is 36.8 Å². The van der Waals surface area contributed by atoms with Crippen LogP contribution in [0.3, 0.4) is 0 Å². The first-order valence-electron chi connectivity index (χ1n) is 12.5. The fourth-order valence-electron chi connectivity index (χ4n) is 5.02. The van der Waals surface area contributed by atoms with Gasteiger partial charge in [0.25, 0.3) is 0 Å². The molecule has 4 aromatic rings.